The van der Waals surface area contributed by atoms with Crippen LogP contribution in [0.15, 0.2) is 0 Å². The lowest BCUT2D eigenvalue weighted by atomic mass is 10.2. The van der Waals surface area contributed by atoms with Gasteiger partial charge < -0.3 is 10.5 Å². The van der Waals surface area contributed by atoms with Gasteiger partial charge in [0.15, 0.2) is 0 Å². The summed E-state index contributed by atoms with van der Waals surface area (Å²) >= 11 is 1.30. The first kappa shape index (κ1) is 10.4. The van der Waals surface area contributed by atoms with Crippen LogP contribution >= 0.6 is 11.5 Å². The zero-order valence-corrected chi connectivity index (χ0v) is 8.80. The molecule has 0 atom stereocenters. The molecule has 0 aliphatic heterocycles. The van der Waals surface area contributed by atoms with Crippen molar-refractivity contribution in [1.29, 1.82) is 0 Å². The Morgan fingerprint density at radius 2 is 2.31 bits per heavy atom. The van der Waals surface area contributed by atoms with E-state index in [-0.39, 0.29) is 0 Å². The van der Waals surface area contributed by atoms with Crippen molar-refractivity contribution in [2.45, 2.75) is 26.2 Å². The van der Waals surface area contributed by atoms with Crippen LogP contribution in [0.5, 0.6) is 5.19 Å². The van der Waals surface area contributed by atoms with Gasteiger partial charge >= 0.3 is 0 Å². The first-order valence-electron chi connectivity index (χ1n) is 4.40. The predicted molar refractivity (Wildman–Crippen MR) is 53.2 cm³/mol. The van der Waals surface area contributed by atoms with Crippen LogP contribution in [0, 0.1) is 0 Å². The van der Waals surface area contributed by atoms with Crippen LogP contribution in [0.25, 0.3) is 0 Å². The van der Waals surface area contributed by atoms with Gasteiger partial charge in [0.1, 0.15) is 5.82 Å². The average Bonchev–Trinajstić information content (AvgIpc) is 2.53. The SMILES string of the molecule is CC(C)c1nsc(OCCCN)n1. The molecule has 0 unspecified atom stereocenters. The minimum Gasteiger partial charge on any atom is -0.469 e. The van der Waals surface area contributed by atoms with Crippen LogP contribution in [0.4, 0.5) is 0 Å². The van der Waals surface area contributed by atoms with Gasteiger partial charge in [0, 0.05) is 17.5 Å². The molecule has 1 heterocycles. The number of nitrogens with zero attached hydrogens (tertiary/aromatic N) is 2. The van der Waals surface area contributed by atoms with Crippen LogP contribution < -0.4 is 10.5 Å². The highest BCUT2D eigenvalue weighted by molar-refractivity contribution is 7.07. The van der Waals surface area contributed by atoms with Gasteiger partial charge in [-0.15, -0.1) is 0 Å². The minimum atomic E-state index is 0.364. The molecular formula is C8H15N3OS. The van der Waals surface area contributed by atoms with E-state index in [9.17, 15) is 0 Å². The van der Waals surface area contributed by atoms with Crippen molar-refractivity contribution in [3.05, 3.63) is 5.82 Å². The molecule has 5 heteroatoms. The molecular weight excluding hydrogens is 186 g/mol. The van der Waals surface area contributed by atoms with Crippen LogP contribution in [0.3, 0.4) is 0 Å². The van der Waals surface area contributed by atoms with Crippen molar-refractivity contribution in [3.63, 3.8) is 0 Å². The van der Waals surface area contributed by atoms with E-state index in [1.807, 2.05) is 0 Å². The Hall–Kier alpha value is -0.680. The van der Waals surface area contributed by atoms with Gasteiger partial charge in [-0.05, 0) is 13.0 Å². The van der Waals surface area contributed by atoms with Gasteiger partial charge in [-0.2, -0.15) is 9.36 Å². The second-order valence-corrected chi connectivity index (χ2v) is 3.78. The largest absolute Gasteiger partial charge is 0.469 e. The molecule has 0 saturated carbocycles. The summed E-state index contributed by atoms with van der Waals surface area (Å²) in [4.78, 5) is 4.23. The van der Waals surface area contributed by atoms with E-state index in [0.29, 0.717) is 24.3 Å². The molecule has 0 spiro atoms. The molecule has 2 N–H and O–H groups in total. The Labute approximate surface area is 82.3 Å². The number of nitrogens with two attached hydrogens (primary N) is 1. The number of rotatable bonds is 5. The van der Waals surface area contributed by atoms with Gasteiger partial charge in [0.05, 0.1) is 6.61 Å². The summed E-state index contributed by atoms with van der Waals surface area (Å²) in [5.74, 6) is 1.22. The van der Waals surface area contributed by atoms with Crippen LogP contribution in [-0.4, -0.2) is 22.5 Å². The normalized spacial score (nSPS) is 10.8. The van der Waals surface area contributed by atoms with E-state index in [0.717, 1.165) is 12.2 Å². The summed E-state index contributed by atoms with van der Waals surface area (Å²) in [5.41, 5.74) is 5.33. The summed E-state index contributed by atoms with van der Waals surface area (Å²) in [7, 11) is 0. The quantitative estimate of drug-likeness (QED) is 0.731. The highest BCUT2D eigenvalue weighted by Crippen LogP contribution is 2.19. The van der Waals surface area contributed by atoms with Gasteiger partial charge in [0.25, 0.3) is 5.19 Å². The first-order chi connectivity index (χ1) is 6.24. The molecule has 1 aromatic heterocycles. The van der Waals surface area contributed by atoms with Crippen molar-refractivity contribution < 1.29 is 4.74 Å². The number of aromatic nitrogens is 2. The molecule has 1 rings (SSSR count). The molecule has 1 aromatic rings. The fourth-order valence-electron chi connectivity index (χ4n) is 0.756. The minimum absolute atomic E-state index is 0.364. The molecule has 0 radical (unpaired) electrons. The molecule has 0 aliphatic rings. The molecule has 0 bridgehead atoms. The van der Waals surface area contributed by atoms with Crippen LogP contribution in [-0.2, 0) is 0 Å². The highest BCUT2D eigenvalue weighted by atomic mass is 32.1. The number of ether oxygens (including phenoxy) is 1. The van der Waals surface area contributed by atoms with Crippen molar-refractivity contribution >= 4 is 11.5 Å². The number of hydrogen-bond donors (Lipinski definition) is 1. The van der Waals surface area contributed by atoms with Gasteiger partial charge in [-0.25, -0.2) is 0 Å². The van der Waals surface area contributed by atoms with E-state index >= 15 is 0 Å². The van der Waals surface area contributed by atoms with E-state index < -0.39 is 0 Å². The zero-order valence-electron chi connectivity index (χ0n) is 7.99. The average molecular weight is 201 g/mol. The van der Waals surface area contributed by atoms with Gasteiger partial charge in [0.2, 0.25) is 0 Å². The van der Waals surface area contributed by atoms with E-state index in [2.05, 4.69) is 23.2 Å². The summed E-state index contributed by atoms with van der Waals surface area (Å²) < 4.78 is 9.51. The summed E-state index contributed by atoms with van der Waals surface area (Å²) in [6.07, 6.45) is 0.858. The lowest BCUT2D eigenvalue weighted by Gasteiger charge is -1.98. The Morgan fingerprint density at radius 3 is 2.85 bits per heavy atom. The smallest absolute Gasteiger partial charge is 0.293 e. The topological polar surface area (TPSA) is 61.0 Å². The Kier molecular flexibility index (Phi) is 4.11. The fraction of sp³-hybridized carbons (Fsp3) is 0.750. The second-order valence-electron chi connectivity index (χ2n) is 3.06. The molecule has 13 heavy (non-hydrogen) atoms. The predicted octanol–water partition coefficient (Wildman–Crippen LogP) is 1.39. The van der Waals surface area contributed by atoms with Crippen LogP contribution in [0.2, 0.25) is 0 Å². The van der Waals surface area contributed by atoms with Gasteiger partial charge in [-0.1, -0.05) is 13.8 Å². The summed E-state index contributed by atoms with van der Waals surface area (Å²) in [6.45, 7) is 5.40. The molecule has 0 aromatic carbocycles. The van der Waals surface area contributed by atoms with Crippen molar-refractivity contribution in [1.82, 2.24) is 9.36 Å². The Morgan fingerprint density at radius 1 is 1.54 bits per heavy atom. The lowest BCUT2D eigenvalue weighted by molar-refractivity contribution is 0.311. The van der Waals surface area contributed by atoms with Crippen LogP contribution in [0.1, 0.15) is 32.0 Å². The maximum atomic E-state index is 5.34. The third kappa shape index (κ3) is 3.28. The maximum absolute atomic E-state index is 5.34. The first-order valence-corrected chi connectivity index (χ1v) is 5.18. The fourth-order valence-corrected chi connectivity index (χ4v) is 1.45. The van der Waals surface area contributed by atoms with Crippen molar-refractivity contribution in [3.8, 4) is 5.19 Å². The molecule has 0 fully saturated rings. The van der Waals surface area contributed by atoms with Crippen molar-refractivity contribution in [2.24, 2.45) is 5.73 Å². The zero-order chi connectivity index (χ0) is 9.68. The summed E-state index contributed by atoms with van der Waals surface area (Å²) in [5, 5.41) is 0.650. The van der Waals surface area contributed by atoms with E-state index in [4.69, 9.17) is 10.5 Å². The Bertz CT molecular complexity index is 249. The van der Waals surface area contributed by atoms with Crippen molar-refractivity contribution in [2.75, 3.05) is 13.2 Å². The van der Waals surface area contributed by atoms with Gasteiger partial charge in [-0.3, -0.25) is 0 Å². The Balaban J connectivity index is 2.40. The van der Waals surface area contributed by atoms with E-state index in [1.165, 1.54) is 11.5 Å². The molecule has 0 amide bonds. The standard InChI is InChI=1S/C8H15N3OS/c1-6(2)7-10-8(13-11-7)12-5-3-4-9/h6H,3-5,9H2,1-2H3. The lowest BCUT2D eigenvalue weighted by Crippen LogP contribution is -2.06. The molecule has 0 aliphatic carbocycles. The molecule has 74 valence electrons. The number of hydrogen-bond acceptors (Lipinski definition) is 5. The van der Waals surface area contributed by atoms with E-state index in [1.54, 1.807) is 0 Å². The molecule has 0 saturated heterocycles. The molecule has 4 nitrogen and oxygen atoms in total. The second kappa shape index (κ2) is 5.14. The summed E-state index contributed by atoms with van der Waals surface area (Å²) in [6, 6.07) is 0. The highest BCUT2D eigenvalue weighted by Gasteiger charge is 2.07. The maximum Gasteiger partial charge on any atom is 0.293 e. The third-order valence-corrected chi connectivity index (χ3v) is 2.16. The third-order valence-electron chi connectivity index (χ3n) is 1.51. The monoisotopic (exact) mass is 201 g/mol.